The van der Waals surface area contributed by atoms with Crippen molar-refractivity contribution in [3.8, 4) is 0 Å². The van der Waals surface area contributed by atoms with Gasteiger partial charge in [0.05, 0.1) is 5.71 Å². The van der Waals surface area contributed by atoms with Gasteiger partial charge in [-0.05, 0) is 39.0 Å². The molecule has 0 fully saturated rings. The number of nitrogens with zero attached hydrogens (tertiary/aromatic N) is 2. The Bertz CT molecular complexity index is 352. The van der Waals surface area contributed by atoms with Gasteiger partial charge in [0.25, 0.3) is 0 Å². The average Bonchev–Trinajstić information content (AvgIpc) is 2.35. The molecule has 3 nitrogen and oxygen atoms in total. The van der Waals surface area contributed by atoms with E-state index < -0.39 is 0 Å². The minimum Gasteiger partial charge on any atom is -0.411 e. The first-order valence-corrected chi connectivity index (χ1v) is 6.09. The molecule has 1 N–H and O–H groups in total. The average molecular weight is 271 g/mol. The van der Waals surface area contributed by atoms with Crippen LogP contribution in [-0.4, -0.2) is 36.5 Å². The van der Waals surface area contributed by atoms with Crippen molar-refractivity contribution >= 4 is 18.1 Å². The highest BCUT2D eigenvalue weighted by atomic mass is 35.5. The van der Waals surface area contributed by atoms with Gasteiger partial charge >= 0.3 is 0 Å². The summed E-state index contributed by atoms with van der Waals surface area (Å²) >= 11 is 0. The maximum Gasteiger partial charge on any atom is 0.0643 e. The predicted octanol–water partition coefficient (Wildman–Crippen LogP) is 3.38. The fourth-order valence-electron chi connectivity index (χ4n) is 1.99. The molecule has 0 heterocycles. The van der Waals surface area contributed by atoms with Crippen LogP contribution in [0.15, 0.2) is 35.5 Å². The molecule has 4 heteroatoms. The van der Waals surface area contributed by atoms with E-state index in [1.165, 1.54) is 5.56 Å². The van der Waals surface area contributed by atoms with Crippen molar-refractivity contribution < 1.29 is 5.21 Å². The van der Waals surface area contributed by atoms with Gasteiger partial charge in [-0.1, -0.05) is 42.4 Å². The number of halogens is 1. The smallest absolute Gasteiger partial charge is 0.0643 e. The summed E-state index contributed by atoms with van der Waals surface area (Å²) < 4.78 is 0. The Morgan fingerprint density at radius 1 is 1.28 bits per heavy atom. The Hall–Kier alpha value is -1.06. The molecule has 1 aromatic rings. The summed E-state index contributed by atoms with van der Waals surface area (Å²) in [5.41, 5.74) is 2.09. The van der Waals surface area contributed by atoms with Crippen LogP contribution in [0.25, 0.3) is 0 Å². The monoisotopic (exact) mass is 270 g/mol. The molecule has 1 atom stereocenters. The van der Waals surface area contributed by atoms with Crippen molar-refractivity contribution in [1.29, 1.82) is 0 Å². The lowest BCUT2D eigenvalue weighted by Crippen LogP contribution is -2.20. The number of hydrogen-bond acceptors (Lipinski definition) is 3. The van der Waals surface area contributed by atoms with E-state index in [2.05, 4.69) is 36.3 Å². The summed E-state index contributed by atoms with van der Waals surface area (Å²) in [5, 5.41) is 12.6. The molecule has 1 unspecified atom stereocenters. The quantitative estimate of drug-likeness (QED) is 0.489. The first-order valence-electron chi connectivity index (χ1n) is 6.09. The van der Waals surface area contributed by atoms with Crippen molar-refractivity contribution in [3.05, 3.63) is 35.9 Å². The Kier molecular flexibility index (Phi) is 8.42. The van der Waals surface area contributed by atoms with Gasteiger partial charge in [-0.3, -0.25) is 0 Å². The maximum absolute atomic E-state index is 9.10. The number of benzene rings is 1. The highest BCUT2D eigenvalue weighted by molar-refractivity contribution is 5.90. The van der Waals surface area contributed by atoms with Gasteiger partial charge in [-0.15, -0.1) is 12.4 Å². The Balaban J connectivity index is 0.00000289. The van der Waals surface area contributed by atoms with Gasteiger partial charge < -0.3 is 10.1 Å². The molecule has 0 aromatic heterocycles. The van der Waals surface area contributed by atoms with E-state index in [9.17, 15) is 0 Å². The third-order valence-electron chi connectivity index (χ3n) is 2.96. The van der Waals surface area contributed by atoms with E-state index in [1.807, 2.05) is 25.1 Å². The topological polar surface area (TPSA) is 35.8 Å². The summed E-state index contributed by atoms with van der Waals surface area (Å²) in [6.07, 6.45) is 1.76. The second-order valence-electron chi connectivity index (χ2n) is 4.50. The molecule has 0 spiro atoms. The van der Waals surface area contributed by atoms with Gasteiger partial charge in [-0.25, -0.2) is 0 Å². The highest BCUT2D eigenvalue weighted by Gasteiger charge is 2.17. The van der Waals surface area contributed by atoms with Gasteiger partial charge in [0, 0.05) is 5.92 Å². The molecule has 0 amide bonds. The first kappa shape index (κ1) is 16.9. The Labute approximate surface area is 116 Å². The summed E-state index contributed by atoms with van der Waals surface area (Å²) in [6.45, 7) is 3.01. The molecule has 0 radical (unpaired) electrons. The van der Waals surface area contributed by atoms with Crippen molar-refractivity contribution in [2.24, 2.45) is 5.16 Å². The molecule has 102 valence electrons. The largest absolute Gasteiger partial charge is 0.411 e. The zero-order valence-electron chi connectivity index (χ0n) is 11.3. The van der Waals surface area contributed by atoms with Crippen molar-refractivity contribution in [1.82, 2.24) is 4.90 Å². The second-order valence-corrected chi connectivity index (χ2v) is 4.50. The molecule has 0 saturated heterocycles. The first-order chi connectivity index (χ1) is 8.19. The van der Waals surface area contributed by atoms with Crippen LogP contribution in [0, 0.1) is 0 Å². The van der Waals surface area contributed by atoms with Crippen LogP contribution in [0.2, 0.25) is 0 Å². The SMILES string of the molecule is CC/C(=N\O)C(CCN(C)C)c1ccccc1.Cl. The van der Waals surface area contributed by atoms with Crippen LogP contribution in [0.4, 0.5) is 0 Å². The third kappa shape index (κ3) is 5.07. The fourth-order valence-corrected chi connectivity index (χ4v) is 1.99. The van der Waals surface area contributed by atoms with Gasteiger partial charge in [0.1, 0.15) is 0 Å². The van der Waals surface area contributed by atoms with Crippen LogP contribution in [0.1, 0.15) is 31.2 Å². The Morgan fingerprint density at radius 3 is 2.33 bits per heavy atom. The normalized spacial score (nSPS) is 13.2. The van der Waals surface area contributed by atoms with E-state index in [0.29, 0.717) is 0 Å². The number of oxime groups is 1. The minimum atomic E-state index is 0. The van der Waals surface area contributed by atoms with Crippen LogP contribution in [0.5, 0.6) is 0 Å². The molecule has 0 bridgehead atoms. The van der Waals surface area contributed by atoms with E-state index in [-0.39, 0.29) is 18.3 Å². The lowest BCUT2D eigenvalue weighted by molar-refractivity contribution is 0.313. The molecule has 0 aliphatic rings. The lowest BCUT2D eigenvalue weighted by atomic mass is 9.89. The summed E-state index contributed by atoms with van der Waals surface area (Å²) in [7, 11) is 4.12. The highest BCUT2D eigenvalue weighted by Crippen LogP contribution is 2.23. The predicted molar refractivity (Wildman–Crippen MR) is 79.1 cm³/mol. The molecule has 1 rings (SSSR count). The molecule has 0 aliphatic heterocycles. The van der Waals surface area contributed by atoms with E-state index in [4.69, 9.17) is 5.21 Å². The second kappa shape index (κ2) is 8.95. The van der Waals surface area contributed by atoms with Crippen molar-refractivity contribution in [3.63, 3.8) is 0 Å². The molecule has 18 heavy (non-hydrogen) atoms. The van der Waals surface area contributed by atoms with Gasteiger partial charge in [0.15, 0.2) is 0 Å². The molecule has 0 saturated carbocycles. The Morgan fingerprint density at radius 2 is 1.89 bits per heavy atom. The molecular weight excluding hydrogens is 248 g/mol. The van der Waals surface area contributed by atoms with E-state index >= 15 is 0 Å². The molecule has 1 aromatic carbocycles. The number of hydrogen-bond donors (Lipinski definition) is 1. The van der Waals surface area contributed by atoms with E-state index in [1.54, 1.807) is 0 Å². The van der Waals surface area contributed by atoms with Crippen LogP contribution >= 0.6 is 12.4 Å². The number of rotatable bonds is 6. The fraction of sp³-hybridized carbons (Fsp3) is 0.500. The minimum absolute atomic E-state index is 0. The lowest BCUT2D eigenvalue weighted by Gasteiger charge is -2.20. The van der Waals surface area contributed by atoms with E-state index in [0.717, 1.165) is 25.1 Å². The van der Waals surface area contributed by atoms with Gasteiger partial charge in [-0.2, -0.15) is 0 Å². The summed E-state index contributed by atoms with van der Waals surface area (Å²) in [5.74, 6) is 0.216. The molecule has 0 aliphatic carbocycles. The van der Waals surface area contributed by atoms with Crippen molar-refractivity contribution in [2.45, 2.75) is 25.7 Å². The van der Waals surface area contributed by atoms with Crippen molar-refractivity contribution in [2.75, 3.05) is 20.6 Å². The van der Waals surface area contributed by atoms with Crippen LogP contribution in [-0.2, 0) is 0 Å². The molecular formula is C14H23ClN2O. The zero-order chi connectivity index (χ0) is 12.7. The summed E-state index contributed by atoms with van der Waals surface area (Å²) in [6, 6.07) is 10.3. The van der Waals surface area contributed by atoms with Crippen LogP contribution in [0.3, 0.4) is 0 Å². The summed E-state index contributed by atoms with van der Waals surface area (Å²) in [4.78, 5) is 2.15. The third-order valence-corrected chi connectivity index (χ3v) is 2.96. The standard InChI is InChI=1S/C14H22N2O.ClH/c1-4-14(15-17)13(10-11-16(2)3)12-8-6-5-7-9-12;/h5-9,13,17H,4,10-11H2,1-3H3;1H/b15-14+;. The van der Waals surface area contributed by atoms with Crippen LogP contribution < -0.4 is 0 Å². The maximum atomic E-state index is 9.10. The zero-order valence-corrected chi connectivity index (χ0v) is 12.2. The van der Waals surface area contributed by atoms with Gasteiger partial charge in [0.2, 0.25) is 0 Å².